The van der Waals surface area contributed by atoms with Gasteiger partial charge >= 0.3 is 0 Å². The fourth-order valence-corrected chi connectivity index (χ4v) is 10.4. The molecule has 0 amide bonds. The Balaban J connectivity index is 1.14. The second kappa shape index (κ2) is 11.7. The predicted octanol–water partition coefficient (Wildman–Crippen LogP) is 12.3. The first kappa shape index (κ1) is 33.2. The standard InChI is InChI=1S/C52H42N2O2/c1-50(2)43-23-14-32-10-6-7-11-37(32)46(43)40-21-17-34(30-44(40)50)52(33-15-19-36(20-16-33)54-26-28-55-29-27-54)25-24-42-48-47(38-12-8-9-13-39(38)49(42)56-52)41-22-18-35(53-5)31-45(41)51(48,3)4/h6-25,30-31H,26-29H2,1-4H3. The first-order valence-electron chi connectivity index (χ1n) is 19.8. The van der Waals surface area contributed by atoms with E-state index in [0.29, 0.717) is 5.69 Å². The zero-order valence-electron chi connectivity index (χ0n) is 32.2. The maximum Gasteiger partial charge on any atom is 0.187 e. The van der Waals surface area contributed by atoms with Crippen molar-refractivity contribution in [3.8, 4) is 28.0 Å². The van der Waals surface area contributed by atoms with Gasteiger partial charge in [-0.3, -0.25) is 0 Å². The average Bonchev–Trinajstić information content (AvgIpc) is 3.63. The van der Waals surface area contributed by atoms with Crippen molar-refractivity contribution in [2.24, 2.45) is 0 Å². The smallest absolute Gasteiger partial charge is 0.187 e. The zero-order chi connectivity index (χ0) is 38.0. The summed E-state index contributed by atoms with van der Waals surface area (Å²) in [7, 11) is 0. The quantitative estimate of drug-likeness (QED) is 0.170. The Morgan fingerprint density at radius 3 is 2.09 bits per heavy atom. The molecule has 1 saturated heterocycles. The number of rotatable bonds is 3. The molecule has 4 aliphatic rings. The van der Waals surface area contributed by atoms with Crippen molar-refractivity contribution in [1.82, 2.24) is 0 Å². The van der Waals surface area contributed by atoms with E-state index in [2.05, 4.69) is 165 Å². The molecular formula is C52H42N2O2. The number of benzene rings is 7. The fraction of sp³-hybridized carbons (Fsp3) is 0.212. The van der Waals surface area contributed by atoms with Gasteiger partial charge in [-0.2, -0.15) is 0 Å². The van der Waals surface area contributed by atoms with Crippen LogP contribution in [0.25, 0.3) is 54.7 Å². The molecule has 1 unspecified atom stereocenters. The van der Waals surface area contributed by atoms with Crippen molar-refractivity contribution < 1.29 is 9.47 Å². The Kier molecular flexibility index (Phi) is 6.93. The highest BCUT2D eigenvalue weighted by molar-refractivity contribution is 6.09. The third-order valence-corrected chi connectivity index (χ3v) is 13.3. The van der Waals surface area contributed by atoms with Gasteiger partial charge in [0.1, 0.15) is 5.75 Å². The van der Waals surface area contributed by atoms with E-state index < -0.39 is 5.60 Å². The lowest BCUT2D eigenvalue weighted by molar-refractivity contribution is 0.122. The molecule has 0 spiro atoms. The summed E-state index contributed by atoms with van der Waals surface area (Å²) < 4.78 is 13.4. The molecule has 7 aromatic carbocycles. The van der Waals surface area contributed by atoms with Crippen LogP contribution in [-0.2, 0) is 21.2 Å². The minimum atomic E-state index is -0.900. The Hall–Kier alpha value is -6.15. The first-order chi connectivity index (χ1) is 27.2. The van der Waals surface area contributed by atoms with Crippen molar-refractivity contribution in [2.75, 3.05) is 31.2 Å². The SMILES string of the molecule is [C-]#[N+]c1ccc2c(c1)C(C)(C)c1c3c(c4ccccc4c1-2)OC(c1ccc(N2CCOCC2)cc1)(c1ccc2c(c1)C(C)(C)c1ccc4ccccc4c1-2)C=C3. The third-order valence-electron chi connectivity index (χ3n) is 13.3. The summed E-state index contributed by atoms with van der Waals surface area (Å²) in [6.07, 6.45) is 4.65. The molecule has 0 N–H and O–H groups in total. The summed E-state index contributed by atoms with van der Waals surface area (Å²) in [5, 5.41) is 4.83. The molecule has 2 aliphatic heterocycles. The van der Waals surface area contributed by atoms with Gasteiger partial charge in [-0.25, -0.2) is 4.85 Å². The maximum absolute atomic E-state index is 7.79. The van der Waals surface area contributed by atoms with Crippen molar-refractivity contribution in [3.05, 3.63) is 178 Å². The predicted molar refractivity (Wildman–Crippen MR) is 229 cm³/mol. The molecule has 1 fully saturated rings. The molecule has 11 rings (SSSR count). The molecule has 0 bridgehead atoms. The molecule has 1 atom stereocenters. The van der Waals surface area contributed by atoms with Crippen LogP contribution in [0.4, 0.5) is 11.4 Å². The number of morpholine rings is 1. The van der Waals surface area contributed by atoms with E-state index in [1.165, 1.54) is 66.4 Å². The van der Waals surface area contributed by atoms with E-state index in [1.807, 2.05) is 6.07 Å². The third kappa shape index (κ3) is 4.44. The van der Waals surface area contributed by atoms with Crippen LogP contribution < -0.4 is 9.64 Å². The molecule has 56 heavy (non-hydrogen) atoms. The lowest BCUT2D eigenvalue weighted by Gasteiger charge is -2.39. The number of ether oxygens (including phenoxy) is 2. The van der Waals surface area contributed by atoms with Gasteiger partial charge in [0.2, 0.25) is 0 Å². The minimum Gasteiger partial charge on any atom is -0.472 e. The van der Waals surface area contributed by atoms with E-state index in [-0.39, 0.29) is 10.8 Å². The summed E-state index contributed by atoms with van der Waals surface area (Å²) in [6.45, 7) is 20.4. The Morgan fingerprint density at radius 2 is 1.30 bits per heavy atom. The number of anilines is 1. The van der Waals surface area contributed by atoms with E-state index >= 15 is 0 Å². The Bertz CT molecular complexity index is 2890. The highest BCUT2D eigenvalue weighted by Crippen LogP contribution is 2.59. The molecule has 2 heterocycles. The monoisotopic (exact) mass is 726 g/mol. The minimum absolute atomic E-state index is 0.199. The summed E-state index contributed by atoms with van der Waals surface area (Å²) in [5.41, 5.74) is 14.0. The van der Waals surface area contributed by atoms with Gasteiger partial charge in [-0.1, -0.05) is 137 Å². The molecule has 2 aliphatic carbocycles. The molecule has 7 aromatic rings. The van der Waals surface area contributed by atoms with Crippen LogP contribution in [0.1, 0.15) is 66.6 Å². The van der Waals surface area contributed by atoms with Crippen molar-refractivity contribution in [1.29, 1.82) is 0 Å². The van der Waals surface area contributed by atoms with E-state index in [9.17, 15) is 0 Å². The van der Waals surface area contributed by atoms with E-state index in [4.69, 9.17) is 16.0 Å². The second-order valence-corrected chi connectivity index (χ2v) is 16.9. The average molecular weight is 727 g/mol. The highest BCUT2D eigenvalue weighted by atomic mass is 16.5. The highest BCUT2D eigenvalue weighted by Gasteiger charge is 2.46. The Morgan fingerprint density at radius 1 is 0.625 bits per heavy atom. The Labute approximate surface area is 328 Å². The van der Waals surface area contributed by atoms with Crippen LogP contribution in [0.2, 0.25) is 0 Å². The van der Waals surface area contributed by atoms with E-state index in [1.54, 1.807) is 0 Å². The zero-order valence-corrected chi connectivity index (χ0v) is 32.2. The van der Waals surface area contributed by atoms with Gasteiger partial charge in [0.05, 0.1) is 19.8 Å². The molecule has 272 valence electrons. The maximum atomic E-state index is 7.79. The largest absolute Gasteiger partial charge is 0.472 e. The topological polar surface area (TPSA) is 26.1 Å². The lowest BCUT2D eigenvalue weighted by Crippen LogP contribution is -2.37. The molecular weight excluding hydrogens is 685 g/mol. The van der Waals surface area contributed by atoms with Crippen LogP contribution in [0.15, 0.2) is 127 Å². The van der Waals surface area contributed by atoms with Gasteiger partial charge in [0.25, 0.3) is 0 Å². The lowest BCUT2D eigenvalue weighted by atomic mass is 9.75. The summed E-state index contributed by atoms with van der Waals surface area (Å²) in [6, 6.07) is 44.4. The van der Waals surface area contributed by atoms with Gasteiger partial charge in [-0.15, -0.1) is 0 Å². The molecule has 4 heteroatoms. The van der Waals surface area contributed by atoms with Crippen molar-refractivity contribution >= 4 is 39.0 Å². The molecule has 4 nitrogen and oxygen atoms in total. The number of nitrogens with zero attached hydrogens (tertiary/aromatic N) is 2. The van der Waals surface area contributed by atoms with Crippen LogP contribution >= 0.6 is 0 Å². The van der Waals surface area contributed by atoms with Gasteiger partial charge in [0, 0.05) is 51.7 Å². The summed E-state index contributed by atoms with van der Waals surface area (Å²) in [5.74, 6) is 0.902. The summed E-state index contributed by atoms with van der Waals surface area (Å²) in [4.78, 5) is 6.22. The fourth-order valence-electron chi connectivity index (χ4n) is 10.4. The molecule has 0 saturated carbocycles. The van der Waals surface area contributed by atoms with Crippen molar-refractivity contribution in [3.63, 3.8) is 0 Å². The van der Waals surface area contributed by atoms with Crippen LogP contribution in [0.3, 0.4) is 0 Å². The normalized spacial score (nSPS) is 19.4. The van der Waals surface area contributed by atoms with Gasteiger partial charge in [-0.05, 0) is 84.9 Å². The number of hydrogen-bond acceptors (Lipinski definition) is 3. The summed E-state index contributed by atoms with van der Waals surface area (Å²) >= 11 is 0. The first-order valence-corrected chi connectivity index (χ1v) is 19.8. The molecule has 0 aromatic heterocycles. The van der Waals surface area contributed by atoms with E-state index in [0.717, 1.165) is 54.1 Å². The number of fused-ring (bicyclic) bond motifs is 13. The van der Waals surface area contributed by atoms with Crippen LogP contribution in [-0.4, -0.2) is 26.3 Å². The molecule has 0 radical (unpaired) electrons. The second-order valence-electron chi connectivity index (χ2n) is 16.9. The van der Waals surface area contributed by atoms with Crippen LogP contribution in [0, 0.1) is 6.57 Å². The van der Waals surface area contributed by atoms with Gasteiger partial charge in [0.15, 0.2) is 11.3 Å². The van der Waals surface area contributed by atoms with Crippen molar-refractivity contribution in [2.45, 2.75) is 44.1 Å². The van der Waals surface area contributed by atoms with Crippen LogP contribution in [0.5, 0.6) is 5.75 Å². The number of hydrogen-bond donors (Lipinski definition) is 0. The van der Waals surface area contributed by atoms with Gasteiger partial charge < -0.3 is 14.4 Å².